The molecule has 0 spiro atoms. The zero-order chi connectivity index (χ0) is 17.5. The van der Waals surface area contributed by atoms with Crippen LogP contribution in [0.5, 0.6) is 0 Å². The van der Waals surface area contributed by atoms with E-state index in [1.807, 2.05) is 0 Å². The van der Waals surface area contributed by atoms with E-state index in [0.29, 0.717) is 0 Å². The Morgan fingerprint density at radius 1 is 0.625 bits per heavy atom. The number of nitrogens with zero attached hydrogens (tertiary/aromatic N) is 1. The summed E-state index contributed by atoms with van der Waals surface area (Å²) < 4.78 is 2.34. The Hall–Kier alpha value is -2.62. The molecule has 0 unspecified atom stereocenters. The molecule has 3 aromatic carbocycles. The van der Waals surface area contributed by atoms with Crippen LogP contribution in [0.3, 0.4) is 0 Å². The van der Waals surface area contributed by atoms with Gasteiger partial charge in [-0.25, -0.2) is 0 Å². The van der Waals surface area contributed by atoms with E-state index in [9.17, 15) is 0 Å². The maximum atomic E-state index is 7.00. The van der Waals surface area contributed by atoms with Gasteiger partial charge in [-0.05, 0) is 37.3 Å². The third kappa shape index (κ3) is 3.18. The van der Waals surface area contributed by atoms with Crippen molar-refractivity contribution in [3.05, 3.63) is 78.4 Å². The van der Waals surface area contributed by atoms with E-state index in [1.165, 1.54) is 33.1 Å². The fourth-order valence-corrected chi connectivity index (χ4v) is 2.94. The molecule has 124 valence electrons. The minimum Gasteiger partial charge on any atom is -0.400 e. The molecule has 24 heavy (non-hydrogen) atoms. The lowest BCUT2D eigenvalue weighted by Gasteiger charge is -2.07. The topological polar surface area (TPSA) is 45.4 Å². The first-order valence-electron chi connectivity index (χ1n) is 7.79. The van der Waals surface area contributed by atoms with Crippen molar-refractivity contribution in [2.45, 2.75) is 6.92 Å². The monoisotopic (exact) mass is 321 g/mol. The number of rotatable bonds is 1. The van der Waals surface area contributed by atoms with E-state index in [2.05, 4.69) is 84.3 Å². The second-order valence-electron chi connectivity index (χ2n) is 5.21. The molecule has 0 bridgehead atoms. The number of hydrogen-bond acceptors (Lipinski definition) is 2. The number of aryl methyl sites for hydroxylation is 1. The van der Waals surface area contributed by atoms with Gasteiger partial charge in [-0.1, -0.05) is 48.0 Å². The zero-order valence-corrected chi connectivity index (χ0v) is 14.3. The van der Waals surface area contributed by atoms with Gasteiger partial charge in [-0.2, -0.15) is 0 Å². The number of aromatic nitrogens is 1. The molecule has 0 saturated carbocycles. The van der Waals surface area contributed by atoms with Gasteiger partial charge in [0, 0.05) is 30.7 Å². The zero-order valence-electron chi connectivity index (χ0n) is 14.3. The quantitative estimate of drug-likeness (QED) is 0.549. The Balaban J connectivity index is 0.000000487. The molecule has 2 N–H and O–H groups in total. The summed E-state index contributed by atoms with van der Waals surface area (Å²) >= 11 is 0. The van der Waals surface area contributed by atoms with Gasteiger partial charge in [0.15, 0.2) is 0 Å². The average molecular weight is 321 g/mol. The van der Waals surface area contributed by atoms with Crippen LogP contribution in [-0.4, -0.2) is 29.0 Å². The van der Waals surface area contributed by atoms with Crippen LogP contribution < -0.4 is 0 Å². The van der Waals surface area contributed by atoms with Crippen molar-refractivity contribution in [2.24, 2.45) is 0 Å². The Bertz CT molecular complexity index is 911. The van der Waals surface area contributed by atoms with Gasteiger partial charge in [0.05, 0.1) is 11.0 Å². The molecule has 0 aliphatic heterocycles. The maximum absolute atomic E-state index is 7.00. The van der Waals surface area contributed by atoms with Crippen LogP contribution in [0.1, 0.15) is 5.56 Å². The fourth-order valence-electron chi connectivity index (χ4n) is 2.94. The molecule has 1 heterocycles. The van der Waals surface area contributed by atoms with Crippen molar-refractivity contribution < 1.29 is 10.2 Å². The van der Waals surface area contributed by atoms with Crippen molar-refractivity contribution in [1.29, 1.82) is 0 Å². The first-order valence-corrected chi connectivity index (χ1v) is 7.79. The summed E-state index contributed by atoms with van der Waals surface area (Å²) in [5.74, 6) is 0. The van der Waals surface area contributed by atoms with Crippen LogP contribution in [-0.2, 0) is 0 Å². The summed E-state index contributed by atoms with van der Waals surface area (Å²) in [5.41, 5.74) is 5.04. The number of aliphatic hydroxyl groups is 2. The molecule has 0 aliphatic rings. The summed E-state index contributed by atoms with van der Waals surface area (Å²) in [7, 11) is 2.00. The fraction of sp³-hybridized carbons (Fsp3) is 0.143. The standard InChI is InChI=1S/C19H15N.2CH4O/c1-14-11-12-19-17(13-14)16-9-5-6-10-18(16)20(19)15-7-3-2-4-8-15;2*1-2/h2-13H,1H3;2*2H,1H3. The van der Waals surface area contributed by atoms with Crippen molar-refractivity contribution in [3.8, 4) is 5.69 Å². The van der Waals surface area contributed by atoms with Crippen molar-refractivity contribution >= 4 is 21.8 Å². The van der Waals surface area contributed by atoms with Crippen LogP contribution in [0.15, 0.2) is 72.8 Å². The first-order chi connectivity index (χ1) is 11.8. The minimum atomic E-state index is 1.00. The predicted octanol–water partition coefficient (Wildman–Crippen LogP) is 4.31. The Morgan fingerprint density at radius 2 is 1.21 bits per heavy atom. The van der Waals surface area contributed by atoms with Crippen molar-refractivity contribution in [1.82, 2.24) is 4.57 Å². The van der Waals surface area contributed by atoms with Crippen LogP contribution in [0.4, 0.5) is 0 Å². The summed E-state index contributed by atoms with van der Waals surface area (Å²) in [6, 6.07) is 25.8. The first kappa shape index (κ1) is 17.7. The largest absolute Gasteiger partial charge is 0.400 e. The summed E-state index contributed by atoms with van der Waals surface area (Å²) in [6.45, 7) is 2.15. The highest BCUT2D eigenvalue weighted by molar-refractivity contribution is 6.09. The van der Waals surface area contributed by atoms with E-state index in [0.717, 1.165) is 14.2 Å². The average Bonchev–Trinajstić information content (AvgIpc) is 2.99. The lowest BCUT2D eigenvalue weighted by atomic mass is 10.1. The highest BCUT2D eigenvalue weighted by Crippen LogP contribution is 2.32. The van der Waals surface area contributed by atoms with Gasteiger partial charge in [0.25, 0.3) is 0 Å². The molecule has 3 heteroatoms. The van der Waals surface area contributed by atoms with Crippen molar-refractivity contribution in [3.63, 3.8) is 0 Å². The van der Waals surface area contributed by atoms with Gasteiger partial charge in [0.1, 0.15) is 0 Å². The Kier molecular flexibility index (Phi) is 6.13. The second-order valence-corrected chi connectivity index (χ2v) is 5.21. The number of hydrogen-bond donors (Lipinski definition) is 2. The molecule has 3 nitrogen and oxygen atoms in total. The van der Waals surface area contributed by atoms with Crippen LogP contribution >= 0.6 is 0 Å². The van der Waals surface area contributed by atoms with E-state index in [-0.39, 0.29) is 0 Å². The highest BCUT2D eigenvalue weighted by atomic mass is 16.2. The molecule has 0 aliphatic carbocycles. The van der Waals surface area contributed by atoms with Gasteiger partial charge in [-0.3, -0.25) is 0 Å². The SMILES string of the molecule is CO.CO.Cc1ccc2c(c1)c1ccccc1n2-c1ccccc1. The second kappa shape index (κ2) is 8.29. The molecular weight excluding hydrogens is 298 g/mol. The normalized spacial score (nSPS) is 9.88. The van der Waals surface area contributed by atoms with E-state index in [1.54, 1.807) is 0 Å². The number of aliphatic hydroxyl groups excluding tert-OH is 2. The molecule has 1 aromatic heterocycles. The van der Waals surface area contributed by atoms with Crippen LogP contribution in [0.2, 0.25) is 0 Å². The van der Waals surface area contributed by atoms with Crippen LogP contribution in [0, 0.1) is 6.92 Å². The molecular formula is C21H23NO2. The number of para-hydroxylation sites is 2. The van der Waals surface area contributed by atoms with Gasteiger partial charge < -0.3 is 14.8 Å². The Labute approximate surface area is 142 Å². The third-order valence-electron chi connectivity index (χ3n) is 3.84. The van der Waals surface area contributed by atoms with Gasteiger partial charge >= 0.3 is 0 Å². The summed E-state index contributed by atoms with van der Waals surface area (Å²) in [5, 5.41) is 16.6. The van der Waals surface area contributed by atoms with Crippen LogP contribution in [0.25, 0.3) is 27.5 Å². The van der Waals surface area contributed by atoms with Gasteiger partial charge in [0.2, 0.25) is 0 Å². The summed E-state index contributed by atoms with van der Waals surface area (Å²) in [6.07, 6.45) is 0. The molecule has 4 aromatic rings. The lowest BCUT2D eigenvalue weighted by molar-refractivity contribution is 0.399. The molecule has 0 fully saturated rings. The highest BCUT2D eigenvalue weighted by Gasteiger charge is 2.11. The lowest BCUT2D eigenvalue weighted by Crippen LogP contribution is -1.92. The number of fused-ring (bicyclic) bond motifs is 3. The van der Waals surface area contributed by atoms with Gasteiger partial charge in [-0.15, -0.1) is 0 Å². The predicted molar refractivity (Wildman–Crippen MR) is 102 cm³/mol. The van der Waals surface area contributed by atoms with E-state index >= 15 is 0 Å². The maximum Gasteiger partial charge on any atom is 0.0541 e. The molecule has 0 radical (unpaired) electrons. The number of benzene rings is 3. The summed E-state index contributed by atoms with van der Waals surface area (Å²) in [4.78, 5) is 0. The van der Waals surface area contributed by atoms with Crippen molar-refractivity contribution in [2.75, 3.05) is 14.2 Å². The molecule has 4 rings (SSSR count). The van der Waals surface area contributed by atoms with E-state index in [4.69, 9.17) is 10.2 Å². The third-order valence-corrected chi connectivity index (χ3v) is 3.84. The smallest absolute Gasteiger partial charge is 0.0541 e. The molecule has 0 saturated heterocycles. The Morgan fingerprint density at radius 3 is 1.92 bits per heavy atom. The molecule has 0 atom stereocenters. The minimum absolute atomic E-state index is 1.00. The van der Waals surface area contributed by atoms with E-state index < -0.39 is 0 Å². The molecule has 0 amide bonds.